The first-order valence-corrected chi connectivity index (χ1v) is 10.9. The lowest BCUT2D eigenvalue weighted by Gasteiger charge is -2.26. The molecular weight excluding hydrogens is 404 g/mol. The number of aromatic nitrogens is 3. The van der Waals surface area contributed by atoms with Gasteiger partial charge in [0, 0.05) is 17.3 Å². The summed E-state index contributed by atoms with van der Waals surface area (Å²) in [5.74, 6) is 2.99. The van der Waals surface area contributed by atoms with Gasteiger partial charge in [0.15, 0.2) is 0 Å². The van der Waals surface area contributed by atoms with Crippen LogP contribution in [-0.2, 0) is 13.0 Å². The molecule has 1 atom stereocenters. The molecule has 1 fully saturated rings. The number of nitrogens with zero attached hydrogens (tertiary/aromatic N) is 4. The molecule has 0 unspecified atom stereocenters. The minimum Gasteiger partial charge on any atom is -0.497 e. The van der Waals surface area contributed by atoms with Crippen molar-refractivity contribution in [3.05, 3.63) is 59.4 Å². The van der Waals surface area contributed by atoms with E-state index in [1.165, 1.54) is 5.56 Å². The molecule has 2 aromatic carbocycles. The van der Waals surface area contributed by atoms with Gasteiger partial charge >= 0.3 is 0 Å². The van der Waals surface area contributed by atoms with Gasteiger partial charge in [-0.3, -0.25) is 4.90 Å². The molecule has 1 aliphatic heterocycles. The monoisotopic (exact) mass is 434 g/mol. The first-order chi connectivity index (χ1) is 15.6. The molecule has 168 valence electrons. The number of nitrogen functional groups attached to an aromatic ring is 1. The summed E-state index contributed by atoms with van der Waals surface area (Å²) in [5.41, 5.74) is 9.31. The lowest BCUT2D eigenvalue weighted by atomic mass is 10.0. The number of anilines is 3. The normalized spacial score (nSPS) is 16.2. The summed E-state index contributed by atoms with van der Waals surface area (Å²) in [6.07, 6.45) is 3.02. The number of para-hydroxylation sites is 1. The fraction of sp³-hybridized carbons (Fsp3) is 0.375. The van der Waals surface area contributed by atoms with Gasteiger partial charge in [-0.25, -0.2) is 0 Å². The second kappa shape index (κ2) is 9.82. The third-order valence-electron chi connectivity index (χ3n) is 5.85. The van der Waals surface area contributed by atoms with E-state index in [0.717, 1.165) is 48.6 Å². The predicted octanol–water partition coefficient (Wildman–Crippen LogP) is 4.11. The molecule has 4 rings (SSSR count). The summed E-state index contributed by atoms with van der Waals surface area (Å²) in [4.78, 5) is 15.7. The highest BCUT2D eigenvalue weighted by molar-refractivity contribution is 5.58. The number of benzene rings is 2. The molecule has 3 N–H and O–H groups in total. The predicted molar refractivity (Wildman–Crippen MR) is 125 cm³/mol. The fourth-order valence-corrected chi connectivity index (χ4v) is 4.28. The third kappa shape index (κ3) is 4.75. The zero-order valence-corrected chi connectivity index (χ0v) is 18.8. The van der Waals surface area contributed by atoms with E-state index in [2.05, 4.69) is 44.2 Å². The number of nitrogens with one attached hydrogen (secondary N) is 1. The van der Waals surface area contributed by atoms with E-state index in [0.29, 0.717) is 18.3 Å². The fourth-order valence-electron chi connectivity index (χ4n) is 4.28. The molecule has 0 radical (unpaired) electrons. The molecular formula is C24H30N6O2. The van der Waals surface area contributed by atoms with Crippen LogP contribution < -0.4 is 20.5 Å². The SMILES string of the molecule is CCc1ccccc1Nc1nc(N)nc(CN2CCC[C@@H]2c2cc(OC)ccc2OC)n1. The smallest absolute Gasteiger partial charge is 0.232 e. The number of nitrogens with two attached hydrogens (primary N) is 1. The Hall–Kier alpha value is -3.39. The minimum atomic E-state index is 0.190. The molecule has 2 heterocycles. The highest BCUT2D eigenvalue weighted by atomic mass is 16.5. The number of likely N-dealkylation sites (tertiary alicyclic amines) is 1. The Morgan fingerprint density at radius 2 is 1.94 bits per heavy atom. The number of hydrogen-bond donors (Lipinski definition) is 2. The largest absolute Gasteiger partial charge is 0.497 e. The lowest BCUT2D eigenvalue weighted by Crippen LogP contribution is -2.25. The van der Waals surface area contributed by atoms with Crippen LogP contribution in [0.5, 0.6) is 11.5 Å². The molecule has 3 aromatic rings. The van der Waals surface area contributed by atoms with Crippen molar-refractivity contribution in [2.45, 2.75) is 38.8 Å². The Balaban J connectivity index is 1.57. The maximum absolute atomic E-state index is 6.03. The van der Waals surface area contributed by atoms with Gasteiger partial charge < -0.3 is 20.5 Å². The zero-order valence-electron chi connectivity index (χ0n) is 18.8. The van der Waals surface area contributed by atoms with Crippen molar-refractivity contribution in [2.75, 3.05) is 31.8 Å². The third-order valence-corrected chi connectivity index (χ3v) is 5.85. The molecule has 0 saturated carbocycles. The molecule has 0 aliphatic carbocycles. The van der Waals surface area contributed by atoms with Crippen LogP contribution in [0.4, 0.5) is 17.6 Å². The summed E-state index contributed by atoms with van der Waals surface area (Å²) in [5, 5.41) is 3.31. The summed E-state index contributed by atoms with van der Waals surface area (Å²) >= 11 is 0. The van der Waals surface area contributed by atoms with Crippen LogP contribution in [0.15, 0.2) is 42.5 Å². The summed E-state index contributed by atoms with van der Waals surface area (Å²) in [6.45, 7) is 3.63. The minimum absolute atomic E-state index is 0.190. The Morgan fingerprint density at radius 3 is 2.72 bits per heavy atom. The van der Waals surface area contributed by atoms with Crippen molar-refractivity contribution in [3.8, 4) is 11.5 Å². The quantitative estimate of drug-likeness (QED) is 0.546. The molecule has 8 heteroatoms. The standard InChI is InChI=1S/C24H30N6O2/c1-4-16-8-5-6-9-19(16)26-24-28-22(27-23(25)29-24)15-30-13-7-10-20(30)18-14-17(31-2)11-12-21(18)32-3/h5-6,8-9,11-12,14,20H,4,7,10,13,15H2,1-3H3,(H3,25,26,27,28,29)/t20-/m1/s1. The Morgan fingerprint density at radius 1 is 1.09 bits per heavy atom. The van der Waals surface area contributed by atoms with Crippen molar-refractivity contribution >= 4 is 17.6 Å². The topological polar surface area (TPSA) is 98.4 Å². The molecule has 1 saturated heterocycles. The first-order valence-electron chi connectivity index (χ1n) is 10.9. The van der Waals surface area contributed by atoms with Crippen LogP contribution in [0.25, 0.3) is 0 Å². The highest BCUT2D eigenvalue weighted by Gasteiger charge is 2.29. The van der Waals surface area contributed by atoms with Crippen LogP contribution in [0.1, 0.15) is 42.8 Å². The summed E-state index contributed by atoms with van der Waals surface area (Å²) in [7, 11) is 3.38. The number of rotatable bonds is 8. The van der Waals surface area contributed by atoms with Crippen LogP contribution in [-0.4, -0.2) is 40.6 Å². The molecule has 1 aromatic heterocycles. The highest BCUT2D eigenvalue weighted by Crippen LogP contribution is 2.39. The second-order valence-corrected chi connectivity index (χ2v) is 7.81. The number of methoxy groups -OCH3 is 2. The number of aryl methyl sites for hydroxylation is 1. The molecule has 0 bridgehead atoms. The van der Waals surface area contributed by atoms with Gasteiger partial charge in [0.25, 0.3) is 0 Å². The van der Waals surface area contributed by atoms with Crippen molar-refractivity contribution in [1.29, 1.82) is 0 Å². The molecule has 1 aliphatic rings. The van der Waals surface area contributed by atoms with Gasteiger partial charge in [-0.15, -0.1) is 0 Å². The number of ether oxygens (including phenoxy) is 2. The summed E-state index contributed by atoms with van der Waals surface area (Å²) in [6, 6.07) is 14.2. The molecule has 0 spiro atoms. The van der Waals surface area contributed by atoms with Crippen LogP contribution in [0.3, 0.4) is 0 Å². The van der Waals surface area contributed by atoms with Crippen LogP contribution in [0, 0.1) is 0 Å². The van der Waals surface area contributed by atoms with Crippen molar-refractivity contribution in [1.82, 2.24) is 19.9 Å². The van der Waals surface area contributed by atoms with Crippen molar-refractivity contribution in [3.63, 3.8) is 0 Å². The van der Waals surface area contributed by atoms with E-state index in [1.54, 1.807) is 14.2 Å². The van der Waals surface area contributed by atoms with Gasteiger partial charge in [0.1, 0.15) is 17.3 Å². The molecule has 0 amide bonds. The van der Waals surface area contributed by atoms with Gasteiger partial charge in [-0.05, 0) is 55.6 Å². The maximum atomic E-state index is 6.03. The van der Waals surface area contributed by atoms with E-state index < -0.39 is 0 Å². The van der Waals surface area contributed by atoms with Gasteiger partial charge in [0.2, 0.25) is 11.9 Å². The van der Waals surface area contributed by atoms with Crippen molar-refractivity contribution < 1.29 is 9.47 Å². The average Bonchev–Trinajstić information content (AvgIpc) is 3.26. The van der Waals surface area contributed by atoms with E-state index in [-0.39, 0.29) is 12.0 Å². The average molecular weight is 435 g/mol. The van der Waals surface area contributed by atoms with E-state index >= 15 is 0 Å². The molecule has 8 nitrogen and oxygen atoms in total. The van der Waals surface area contributed by atoms with Gasteiger partial charge in [-0.2, -0.15) is 15.0 Å². The van der Waals surface area contributed by atoms with E-state index in [4.69, 9.17) is 15.2 Å². The Bertz CT molecular complexity index is 1070. The lowest BCUT2D eigenvalue weighted by molar-refractivity contribution is 0.236. The van der Waals surface area contributed by atoms with Crippen LogP contribution >= 0.6 is 0 Å². The first kappa shape index (κ1) is 21.8. The zero-order chi connectivity index (χ0) is 22.5. The van der Waals surface area contributed by atoms with Crippen LogP contribution in [0.2, 0.25) is 0 Å². The second-order valence-electron chi connectivity index (χ2n) is 7.81. The Kier molecular flexibility index (Phi) is 6.70. The molecule has 32 heavy (non-hydrogen) atoms. The van der Waals surface area contributed by atoms with Crippen molar-refractivity contribution in [2.24, 2.45) is 0 Å². The van der Waals surface area contributed by atoms with Gasteiger partial charge in [-0.1, -0.05) is 25.1 Å². The maximum Gasteiger partial charge on any atom is 0.232 e. The summed E-state index contributed by atoms with van der Waals surface area (Å²) < 4.78 is 11.1. The number of hydrogen-bond acceptors (Lipinski definition) is 8. The van der Waals surface area contributed by atoms with Gasteiger partial charge in [0.05, 0.1) is 20.8 Å². The van der Waals surface area contributed by atoms with E-state index in [1.807, 2.05) is 30.3 Å². The Labute approximate surface area is 188 Å². The van der Waals surface area contributed by atoms with E-state index in [9.17, 15) is 0 Å².